The molecule has 1 N–H and O–H groups in total. The van der Waals surface area contributed by atoms with Gasteiger partial charge >= 0.3 is 6.18 Å². The van der Waals surface area contributed by atoms with Gasteiger partial charge in [0.2, 0.25) is 10.0 Å². The molecule has 2 aromatic rings. The first-order valence-corrected chi connectivity index (χ1v) is 11.2. The van der Waals surface area contributed by atoms with E-state index in [0.29, 0.717) is 37.3 Å². The van der Waals surface area contributed by atoms with Gasteiger partial charge in [0.05, 0.1) is 12.2 Å². The Kier molecular flexibility index (Phi) is 7.20. The molecule has 3 rings (SSSR count). The first kappa shape index (κ1) is 23.5. The Bertz CT molecular complexity index is 974. The molecule has 1 aromatic carbocycles. The van der Waals surface area contributed by atoms with Gasteiger partial charge in [0.25, 0.3) is 0 Å². The first-order valence-electron chi connectivity index (χ1n) is 9.74. The SMILES string of the molecule is CN(C)c1ccc(S(=O)(=O)N2CCC(NOCc3cccc(C(F)(F)F)c3)CC2)cn1. The van der Waals surface area contributed by atoms with Crippen LogP contribution in [0.5, 0.6) is 0 Å². The van der Waals surface area contributed by atoms with Crippen LogP contribution in [0.3, 0.4) is 0 Å². The average molecular weight is 459 g/mol. The normalized spacial score (nSPS) is 16.4. The number of alkyl halides is 3. The third-order valence-corrected chi connectivity index (χ3v) is 6.90. The van der Waals surface area contributed by atoms with Crippen molar-refractivity contribution in [2.75, 3.05) is 32.1 Å². The van der Waals surface area contributed by atoms with Crippen molar-refractivity contribution >= 4 is 15.8 Å². The van der Waals surface area contributed by atoms with E-state index in [-0.39, 0.29) is 17.5 Å². The Morgan fingerprint density at radius 3 is 2.48 bits per heavy atom. The number of benzene rings is 1. The van der Waals surface area contributed by atoms with Gasteiger partial charge in [0.1, 0.15) is 10.7 Å². The Morgan fingerprint density at radius 1 is 1.19 bits per heavy atom. The number of aromatic nitrogens is 1. The van der Waals surface area contributed by atoms with Crippen molar-refractivity contribution in [3.05, 3.63) is 53.7 Å². The molecule has 0 atom stereocenters. The molecule has 7 nitrogen and oxygen atoms in total. The molecule has 1 aromatic heterocycles. The summed E-state index contributed by atoms with van der Waals surface area (Å²) in [5.74, 6) is 0.666. The van der Waals surface area contributed by atoms with Crippen LogP contribution in [0.25, 0.3) is 0 Å². The number of nitrogens with zero attached hydrogens (tertiary/aromatic N) is 3. The van der Waals surface area contributed by atoms with E-state index in [4.69, 9.17) is 4.84 Å². The molecule has 1 fully saturated rings. The van der Waals surface area contributed by atoms with Crippen molar-refractivity contribution in [2.45, 2.75) is 36.6 Å². The topological polar surface area (TPSA) is 74.8 Å². The molecule has 0 amide bonds. The van der Waals surface area contributed by atoms with E-state index in [0.717, 1.165) is 12.1 Å². The van der Waals surface area contributed by atoms with Crippen LogP contribution in [0.15, 0.2) is 47.5 Å². The number of rotatable bonds is 7. The summed E-state index contributed by atoms with van der Waals surface area (Å²) < 4.78 is 65.4. The molecule has 0 bridgehead atoms. The monoisotopic (exact) mass is 458 g/mol. The van der Waals surface area contributed by atoms with E-state index in [1.165, 1.54) is 16.6 Å². The van der Waals surface area contributed by atoms with Gasteiger partial charge in [-0.15, -0.1) is 0 Å². The van der Waals surface area contributed by atoms with E-state index in [1.54, 1.807) is 23.1 Å². The fraction of sp³-hybridized carbons (Fsp3) is 0.450. The third kappa shape index (κ3) is 5.94. The first-order chi connectivity index (χ1) is 14.6. The third-order valence-electron chi connectivity index (χ3n) is 5.01. The summed E-state index contributed by atoms with van der Waals surface area (Å²) in [4.78, 5) is 11.5. The van der Waals surface area contributed by atoms with Crippen LogP contribution >= 0.6 is 0 Å². The zero-order chi connectivity index (χ0) is 22.6. The fourth-order valence-electron chi connectivity index (χ4n) is 3.23. The standard InChI is InChI=1S/C20H25F3N4O3S/c1-26(2)19-7-6-18(13-24-19)31(28,29)27-10-8-17(9-11-27)25-30-14-15-4-3-5-16(12-15)20(21,22)23/h3-7,12-13,17,25H,8-11,14H2,1-2H3. The van der Waals surface area contributed by atoms with Crippen LogP contribution in [-0.4, -0.2) is 50.9 Å². The number of nitrogens with one attached hydrogen (secondary N) is 1. The Balaban J connectivity index is 1.49. The molecule has 0 spiro atoms. The second-order valence-corrected chi connectivity index (χ2v) is 9.47. The van der Waals surface area contributed by atoms with E-state index >= 15 is 0 Å². The molecule has 0 aliphatic carbocycles. The Morgan fingerprint density at radius 2 is 1.90 bits per heavy atom. The van der Waals surface area contributed by atoms with Crippen LogP contribution in [0.1, 0.15) is 24.0 Å². The lowest BCUT2D eigenvalue weighted by atomic mass is 10.1. The van der Waals surface area contributed by atoms with Crippen molar-refractivity contribution in [3.63, 3.8) is 0 Å². The van der Waals surface area contributed by atoms with Gasteiger partial charge in [-0.2, -0.15) is 23.0 Å². The largest absolute Gasteiger partial charge is 0.416 e. The summed E-state index contributed by atoms with van der Waals surface area (Å²) in [5.41, 5.74) is 2.52. The minimum atomic E-state index is -4.40. The second-order valence-electron chi connectivity index (χ2n) is 7.53. The number of pyridine rings is 1. The van der Waals surface area contributed by atoms with E-state index in [1.807, 2.05) is 14.1 Å². The lowest BCUT2D eigenvalue weighted by Gasteiger charge is -2.31. The fourth-order valence-corrected chi connectivity index (χ4v) is 4.65. The van der Waals surface area contributed by atoms with Crippen LogP contribution in [0, 0.1) is 0 Å². The van der Waals surface area contributed by atoms with Crippen LogP contribution < -0.4 is 10.4 Å². The number of hydrogen-bond donors (Lipinski definition) is 1. The number of hydrogen-bond acceptors (Lipinski definition) is 6. The van der Waals surface area contributed by atoms with Gasteiger partial charge in [-0.25, -0.2) is 13.4 Å². The molecular formula is C20H25F3N4O3S. The van der Waals surface area contributed by atoms with Crippen molar-refractivity contribution in [1.82, 2.24) is 14.8 Å². The number of piperidine rings is 1. The molecule has 2 heterocycles. The molecule has 31 heavy (non-hydrogen) atoms. The summed E-state index contributed by atoms with van der Waals surface area (Å²) in [7, 11) is 0.0126. The number of anilines is 1. The van der Waals surface area contributed by atoms with Gasteiger partial charge in [0.15, 0.2) is 0 Å². The Labute approximate surface area is 179 Å². The van der Waals surface area contributed by atoms with Crippen molar-refractivity contribution in [1.29, 1.82) is 0 Å². The van der Waals surface area contributed by atoms with Crippen LogP contribution in [0.4, 0.5) is 19.0 Å². The predicted molar refractivity (Wildman–Crippen MR) is 110 cm³/mol. The smallest absolute Gasteiger partial charge is 0.363 e. The lowest BCUT2D eigenvalue weighted by molar-refractivity contribution is -0.137. The van der Waals surface area contributed by atoms with Gasteiger partial charge in [-0.1, -0.05) is 12.1 Å². The van der Waals surface area contributed by atoms with Gasteiger partial charge in [-0.05, 0) is 42.7 Å². The molecule has 1 aliphatic rings. The van der Waals surface area contributed by atoms with Crippen molar-refractivity contribution in [3.8, 4) is 0 Å². The molecule has 170 valence electrons. The maximum Gasteiger partial charge on any atom is 0.416 e. The van der Waals surface area contributed by atoms with E-state index in [2.05, 4.69) is 10.5 Å². The summed E-state index contributed by atoms with van der Waals surface area (Å²) in [6.45, 7) is 0.594. The molecule has 0 unspecified atom stereocenters. The number of hydroxylamine groups is 1. The highest BCUT2D eigenvalue weighted by atomic mass is 32.2. The number of sulfonamides is 1. The minimum absolute atomic E-state index is 0.0215. The minimum Gasteiger partial charge on any atom is -0.363 e. The van der Waals surface area contributed by atoms with E-state index < -0.39 is 21.8 Å². The second kappa shape index (κ2) is 9.51. The summed E-state index contributed by atoms with van der Waals surface area (Å²) >= 11 is 0. The zero-order valence-corrected chi connectivity index (χ0v) is 18.1. The Hall–Kier alpha value is -2.21. The zero-order valence-electron chi connectivity index (χ0n) is 17.3. The van der Waals surface area contributed by atoms with Crippen molar-refractivity contribution < 1.29 is 26.4 Å². The van der Waals surface area contributed by atoms with Crippen molar-refractivity contribution in [2.24, 2.45) is 0 Å². The summed E-state index contributed by atoms with van der Waals surface area (Å²) in [6, 6.07) is 8.06. The van der Waals surface area contributed by atoms with Gasteiger partial charge in [-0.3, -0.25) is 4.84 Å². The van der Waals surface area contributed by atoms with Gasteiger partial charge < -0.3 is 4.90 Å². The molecule has 1 aliphatic heterocycles. The maximum atomic E-state index is 12.8. The van der Waals surface area contributed by atoms with Crippen LogP contribution in [-0.2, 0) is 27.6 Å². The predicted octanol–water partition coefficient (Wildman–Crippen LogP) is 3.04. The molecule has 0 saturated carbocycles. The molecular weight excluding hydrogens is 433 g/mol. The van der Waals surface area contributed by atoms with Crippen LogP contribution in [0.2, 0.25) is 0 Å². The maximum absolute atomic E-state index is 12.8. The average Bonchev–Trinajstić information content (AvgIpc) is 2.74. The van der Waals surface area contributed by atoms with E-state index in [9.17, 15) is 21.6 Å². The highest BCUT2D eigenvalue weighted by Crippen LogP contribution is 2.29. The highest BCUT2D eigenvalue weighted by Gasteiger charge is 2.31. The highest BCUT2D eigenvalue weighted by molar-refractivity contribution is 7.89. The quantitative estimate of drug-likeness (QED) is 0.643. The van der Waals surface area contributed by atoms with Gasteiger partial charge in [0, 0.05) is 39.4 Å². The molecule has 11 heteroatoms. The number of halogens is 3. The molecule has 0 radical (unpaired) electrons. The summed E-state index contributed by atoms with van der Waals surface area (Å²) in [5, 5.41) is 0. The molecule has 1 saturated heterocycles. The summed E-state index contributed by atoms with van der Waals surface area (Å²) in [6.07, 6.45) is -2.01. The lowest BCUT2D eigenvalue weighted by Crippen LogP contribution is -2.44.